The van der Waals surface area contributed by atoms with Crippen molar-refractivity contribution in [2.24, 2.45) is 9.98 Å². The van der Waals surface area contributed by atoms with Crippen molar-refractivity contribution >= 4 is 22.8 Å². The first-order chi connectivity index (χ1) is 11.2. The Morgan fingerprint density at radius 1 is 0.577 bits per heavy atom. The summed E-state index contributed by atoms with van der Waals surface area (Å²) in [6.07, 6.45) is 0. The summed E-state index contributed by atoms with van der Waals surface area (Å²) in [6, 6.07) is 8.72. The molecule has 0 bridgehead atoms. The molecule has 0 aliphatic heterocycles. The summed E-state index contributed by atoms with van der Waals surface area (Å²) >= 11 is 0. The predicted molar refractivity (Wildman–Crippen MR) is 113 cm³/mol. The van der Waals surface area contributed by atoms with E-state index in [1.54, 1.807) is 0 Å². The molecule has 0 N–H and O–H groups in total. The first-order valence-corrected chi connectivity index (χ1v) is 8.45. The third kappa shape index (κ3) is 5.64. The van der Waals surface area contributed by atoms with E-state index in [0.717, 1.165) is 22.8 Å². The quantitative estimate of drug-likeness (QED) is 0.308. The zero-order chi connectivity index (χ0) is 18.0. The van der Waals surface area contributed by atoms with E-state index in [9.17, 15) is 0 Å². The Balaban J connectivity index is 0.00000312. The van der Waals surface area contributed by atoms with Crippen LogP contribution in [0.3, 0.4) is 0 Å². The van der Waals surface area contributed by atoms with E-state index in [-0.39, 0.29) is 23.9 Å². The molecular formula is C23H31N2Ni-. The minimum absolute atomic E-state index is 0. The van der Waals surface area contributed by atoms with Crippen molar-refractivity contribution in [2.75, 3.05) is 0 Å². The van der Waals surface area contributed by atoms with E-state index in [1.165, 1.54) is 33.4 Å². The van der Waals surface area contributed by atoms with Crippen molar-refractivity contribution in [3.8, 4) is 0 Å². The molecule has 2 aromatic rings. The molecule has 2 rings (SSSR count). The summed E-state index contributed by atoms with van der Waals surface area (Å²) in [6.45, 7) is 16.8. The zero-order valence-electron chi connectivity index (χ0n) is 17.5. The van der Waals surface area contributed by atoms with Crippen LogP contribution in [0.1, 0.15) is 47.2 Å². The second-order valence-electron chi connectivity index (χ2n) is 6.89. The van der Waals surface area contributed by atoms with Crippen LogP contribution in [0, 0.1) is 49.0 Å². The molecule has 0 heterocycles. The molecule has 2 nitrogen and oxygen atoms in total. The Labute approximate surface area is 169 Å². The van der Waals surface area contributed by atoms with Gasteiger partial charge in [-0.25, -0.2) is 0 Å². The number of aliphatic imine (C=N–C) groups is 2. The monoisotopic (exact) mass is 393 g/mol. The number of aryl methyl sites for hydroxylation is 6. The maximum Gasteiger partial charge on any atom is 0.0692 e. The van der Waals surface area contributed by atoms with Crippen LogP contribution in [0.25, 0.3) is 0 Å². The molecule has 0 unspecified atom stereocenters. The van der Waals surface area contributed by atoms with Gasteiger partial charge in [-0.1, -0.05) is 35.4 Å². The molecule has 0 aliphatic rings. The average molecular weight is 394 g/mol. The van der Waals surface area contributed by atoms with Crippen LogP contribution in [-0.4, -0.2) is 11.4 Å². The third-order valence-corrected chi connectivity index (χ3v) is 4.35. The average Bonchev–Trinajstić information content (AvgIpc) is 2.46. The van der Waals surface area contributed by atoms with Crippen LogP contribution in [0.15, 0.2) is 34.3 Å². The van der Waals surface area contributed by atoms with Gasteiger partial charge in [0.05, 0.1) is 22.8 Å². The molecule has 0 spiro atoms. The second-order valence-corrected chi connectivity index (χ2v) is 6.89. The topological polar surface area (TPSA) is 24.7 Å². The molecule has 0 fully saturated rings. The van der Waals surface area contributed by atoms with E-state index in [0.29, 0.717) is 0 Å². The standard InChI is InChI=1S/C22H28N2.CH3.Ni/c1-13-9-15(3)21(16(4)10-13)23-19(7)20(8)24-22-17(5)11-14(2)12-18(22)6;;/h9-12H,1-8H3;1H3;/q;-1;. The Bertz CT molecular complexity index is 728. The van der Waals surface area contributed by atoms with Gasteiger partial charge in [0.25, 0.3) is 0 Å². The normalized spacial score (nSPS) is 11.7. The number of rotatable bonds is 3. The largest absolute Gasteiger partial charge is 0.358 e. The molecule has 26 heavy (non-hydrogen) atoms. The minimum atomic E-state index is 0. The Morgan fingerprint density at radius 3 is 1.04 bits per heavy atom. The molecule has 0 saturated heterocycles. The first kappa shape index (κ1) is 24.3. The van der Waals surface area contributed by atoms with Gasteiger partial charge in [-0.3, -0.25) is 9.98 Å². The van der Waals surface area contributed by atoms with Crippen molar-refractivity contribution < 1.29 is 16.5 Å². The summed E-state index contributed by atoms with van der Waals surface area (Å²) in [7, 11) is 0. The van der Waals surface area contributed by atoms with Crippen molar-refractivity contribution in [3.05, 3.63) is 65.1 Å². The maximum atomic E-state index is 4.86. The molecule has 0 aliphatic carbocycles. The predicted octanol–water partition coefficient (Wildman–Crippen LogP) is 6.87. The van der Waals surface area contributed by atoms with Gasteiger partial charge in [0.15, 0.2) is 0 Å². The van der Waals surface area contributed by atoms with E-state index in [2.05, 4.69) is 65.8 Å². The maximum absolute atomic E-state index is 4.86. The molecule has 0 amide bonds. The summed E-state index contributed by atoms with van der Waals surface area (Å²) < 4.78 is 0. The molecule has 0 atom stereocenters. The van der Waals surface area contributed by atoms with Crippen LogP contribution < -0.4 is 0 Å². The van der Waals surface area contributed by atoms with E-state index in [1.807, 2.05) is 13.8 Å². The van der Waals surface area contributed by atoms with Crippen LogP contribution in [0.4, 0.5) is 11.4 Å². The number of benzene rings is 2. The summed E-state index contributed by atoms with van der Waals surface area (Å²) in [4.78, 5) is 9.72. The first-order valence-electron chi connectivity index (χ1n) is 8.45. The summed E-state index contributed by atoms with van der Waals surface area (Å²) in [5.41, 5.74) is 11.4. The van der Waals surface area contributed by atoms with Crippen molar-refractivity contribution in [2.45, 2.75) is 55.4 Å². The SMILES string of the molecule is CC(=Nc1c(C)cc(C)cc1C)C(C)=Nc1c(C)cc(C)cc1C.[CH3-].[Ni]. The van der Waals surface area contributed by atoms with Gasteiger partial charge in [-0.15, -0.1) is 0 Å². The van der Waals surface area contributed by atoms with Gasteiger partial charge < -0.3 is 7.43 Å². The van der Waals surface area contributed by atoms with Gasteiger partial charge >= 0.3 is 0 Å². The summed E-state index contributed by atoms with van der Waals surface area (Å²) in [5.74, 6) is 0. The number of hydrogen-bond donors (Lipinski definition) is 0. The van der Waals surface area contributed by atoms with Gasteiger partial charge in [0.1, 0.15) is 0 Å². The van der Waals surface area contributed by atoms with Gasteiger partial charge in [-0.2, -0.15) is 0 Å². The van der Waals surface area contributed by atoms with E-state index < -0.39 is 0 Å². The number of hydrogen-bond acceptors (Lipinski definition) is 2. The van der Waals surface area contributed by atoms with Crippen molar-refractivity contribution in [3.63, 3.8) is 0 Å². The van der Waals surface area contributed by atoms with Crippen molar-refractivity contribution in [1.29, 1.82) is 0 Å². The minimum Gasteiger partial charge on any atom is -0.358 e. The van der Waals surface area contributed by atoms with Crippen LogP contribution >= 0.6 is 0 Å². The van der Waals surface area contributed by atoms with Crippen molar-refractivity contribution in [1.82, 2.24) is 0 Å². The summed E-state index contributed by atoms with van der Waals surface area (Å²) in [5, 5.41) is 0. The zero-order valence-corrected chi connectivity index (χ0v) is 18.5. The fourth-order valence-corrected chi connectivity index (χ4v) is 3.19. The Hall–Kier alpha value is -1.73. The van der Waals surface area contributed by atoms with Gasteiger partial charge in [0, 0.05) is 16.5 Å². The second kappa shape index (κ2) is 9.83. The van der Waals surface area contributed by atoms with Crippen LogP contribution in [0.5, 0.6) is 0 Å². The van der Waals surface area contributed by atoms with Crippen LogP contribution in [0.2, 0.25) is 0 Å². The number of nitrogens with zero attached hydrogens (tertiary/aromatic N) is 2. The molecule has 2 aromatic carbocycles. The smallest absolute Gasteiger partial charge is 0.0692 e. The van der Waals surface area contributed by atoms with Gasteiger partial charge in [-0.05, 0) is 77.6 Å². The molecule has 144 valence electrons. The fourth-order valence-electron chi connectivity index (χ4n) is 3.19. The van der Waals surface area contributed by atoms with Gasteiger partial charge in [0.2, 0.25) is 0 Å². The Morgan fingerprint density at radius 2 is 0.808 bits per heavy atom. The molecule has 0 saturated carbocycles. The Kier molecular flexibility index (Phi) is 9.18. The van der Waals surface area contributed by atoms with E-state index in [4.69, 9.17) is 9.98 Å². The molecule has 3 heteroatoms. The fraction of sp³-hybridized carbons (Fsp3) is 0.348. The molecule has 0 aromatic heterocycles. The van der Waals surface area contributed by atoms with E-state index >= 15 is 0 Å². The molecular weight excluding hydrogens is 363 g/mol. The van der Waals surface area contributed by atoms with Crippen LogP contribution in [-0.2, 0) is 16.5 Å². The third-order valence-electron chi connectivity index (χ3n) is 4.35. The molecule has 0 radical (unpaired) electrons.